The van der Waals surface area contributed by atoms with Crippen LogP contribution >= 0.6 is 0 Å². The highest BCUT2D eigenvalue weighted by Crippen LogP contribution is 2.15. The Labute approximate surface area is 153 Å². The summed E-state index contributed by atoms with van der Waals surface area (Å²) in [6, 6.07) is 12.9. The average molecular weight is 379 g/mol. The third kappa shape index (κ3) is 5.03. The molecule has 1 amide bonds. The second-order valence-corrected chi connectivity index (χ2v) is 7.60. The minimum atomic E-state index is -3.74. The van der Waals surface area contributed by atoms with Crippen LogP contribution < -0.4 is 14.9 Å². The van der Waals surface area contributed by atoms with E-state index in [2.05, 4.69) is 10.0 Å². The molecule has 0 aliphatic rings. The highest BCUT2D eigenvalue weighted by Gasteiger charge is 2.18. The lowest BCUT2D eigenvalue weighted by molar-refractivity contribution is 0.0949. The van der Waals surface area contributed by atoms with Crippen LogP contribution in [0.5, 0.6) is 0 Å². The van der Waals surface area contributed by atoms with Crippen molar-refractivity contribution in [2.24, 2.45) is 0 Å². The first-order valence-electron chi connectivity index (χ1n) is 8.12. The number of rotatable bonds is 8. The van der Waals surface area contributed by atoms with Crippen molar-refractivity contribution in [3.05, 3.63) is 59.9 Å². The van der Waals surface area contributed by atoms with E-state index in [-0.39, 0.29) is 10.5 Å². The monoisotopic (exact) mass is 379 g/mol. The third-order valence-electron chi connectivity index (χ3n) is 3.91. The topological polar surface area (TPSA) is 78.5 Å². The Bertz CT molecular complexity index is 857. The van der Waals surface area contributed by atoms with Crippen molar-refractivity contribution in [3.8, 4) is 0 Å². The first kappa shape index (κ1) is 19.9. The number of benzene rings is 2. The van der Waals surface area contributed by atoms with E-state index in [0.717, 1.165) is 23.9 Å². The van der Waals surface area contributed by atoms with Gasteiger partial charge in [-0.05, 0) is 43.8 Å². The fourth-order valence-corrected chi connectivity index (χ4v) is 3.14. The summed E-state index contributed by atoms with van der Waals surface area (Å²) < 4.78 is 39.6. The van der Waals surface area contributed by atoms with Crippen molar-refractivity contribution in [1.29, 1.82) is 0 Å². The second-order valence-electron chi connectivity index (χ2n) is 5.72. The van der Waals surface area contributed by atoms with Crippen molar-refractivity contribution >= 4 is 21.6 Å². The van der Waals surface area contributed by atoms with Crippen molar-refractivity contribution in [2.75, 3.05) is 32.1 Å². The zero-order chi connectivity index (χ0) is 19.2. The van der Waals surface area contributed by atoms with E-state index in [1.807, 2.05) is 42.3 Å². The fraction of sp³-hybridized carbons (Fsp3) is 0.278. The van der Waals surface area contributed by atoms with Crippen LogP contribution in [-0.2, 0) is 10.0 Å². The molecule has 8 heteroatoms. The van der Waals surface area contributed by atoms with Crippen molar-refractivity contribution in [1.82, 2.24) is 10.0 Å². The normalized spacial score (nSPS) is 11.2. The molecule has 2 aromatic rings. The third-order valence-corrected chi connectivity index (χ3v) is 5.33. The molecule has 0 saturated heterocycles. The summed E-state index contributed by atoms with van der Waals surface area (Å²) in [5.41, 5.74) is 0.771. The van der Waals surface area contributed by atoms with Gasteiger partial charge in [0.1, 0.15) is 5.82 Å². The van der Waals surface area contributed by atoms with Crippen LogP contribution in [0.15, 0.2) is 53.4 Å². The number of carbonyl (C=O) groups excluding carboxylic acids is 1. The second kappa shape index (κ2) is 8.77. The first-order chi connectivity index (χ1) is 12.3. The maximum atomic E-state index is 13.9. The van der Waals surface area contributed by atoms with Gasteiger partial charge >= 0.3 is 0 Å². The zero-order valence-electron chi connectivity index (χ0n) is 14.7. The van der Waals surface area contributed by atoms with Crippen LogP contribution in [0.4, 0.5) is 10.1 Å². The van der Waals surface area contributed by atoms with E-state index in [0.29, 0.717) is 19.5 Å². The molecule has 0 saturated carbocycles. The predicted octanol–water partition coefficient (Wildman–Crippen LogP) is 1.99. The molecule has 0 aromatic heterocycles. The van der Waals surface area contributed by atoms with Crippen LogP contribution in [0, 0.1) is 5.82 Å². The van der Waals surface area contributed by atoms with Gasteiger partial charge in [-0.15, -0.1) is 0 Å². The summed E-state index contributed by atoms with van der Waals surface area (Å²) in [5, 5.41) is 2.62. The maximum absolute atomic E-state index is 13.9. The molecular weight excluding hydrogens is 357 g/mol. The smallest absolute Gasteiger partial charge is 0.254 e. The maximum Gasteiger partial charge on any atom is 0.254 e. The molecule has 0 spiro atoms. The number of carbonyl (C=O) groups is 1. The molecule has 0 aliphatic carbocycles. The van der Waals surface area contributed by atoms with Gasteiger partial charge in [-0.1, -0.05) is 18.2 Å². The molecule has 0 unspecified atom stereocenters. The number of halogens is 1. The summed E-state index contributed by atoms with van der Waals surface area (Å²) >= 11 is 0. The van der Waals surface area contributed by atoms with Gasteiger partial charge in [-0.3, -0.25) is 4.79 Å². The van der Waals surface area contributed by atoms with Crippen molar-refractivity contribution < 1.29 is 17.6 Å². The largest absolute Gasteiger partial charge is 0.375 e. The summed E-state index contributed by atoms with van der Waals surface area (Å²) in [6.07, 6.45) is 0.660. The minimum Gasteiger partial charge on any atom is -0.375 e. The molecule has 0 bridgehead atoms. The van der Waals surface area contributed by atoms with Gasteiger partial charge in [-0.25, -0.2) is 17.5 Å². The fourth-order valence-electron chi connectivity index (χ4n) is 2.39. The Morgan fingerprint density at radius 3 is 2.50 bits per heavy atom. The SMILES string of the molecule is CNS(=O)(=O)c1ccc(F)c(C(=O)NCCCN(C)c2ccccc2)c1. The lowest BCUT2D eigenvalue weighted by Gasteiger charge is -2.19. The Hall–Kier alpha value is -2.45. The molecule has 0 fully saturated rings. The zero-order valence-corrected chi connectivity index (χ0v) is 15.5. The van der Waals surface area contributed by atoms with Crippen LogP contribution in [-0.4, -0.2) is 41.5 Å². The van der Waals surface area contributed by atoms with E-state index >= 15 is 0 Å². The van der Waals surface area contributed by atoms with Gasteiger partial charge in [0.05, 0.1) is 10.5 Å². The standard InChI is InChI=1S/C18H22FN3O3S/c1-20-26(24,25)15-9-10-17(19)16(13-15)18(23)21-11-6-12-22(2)14-7-4-3-5-8-14/h3-5,7-10,13,20H,6,11-12H2,1-2H3,(H,21,23). The van der Waals surface area contributed by atoms with Crippen LogP contribution in [0.3, 0.4) is 0 Å². The van der Waals surface area contributed by atoms with Gasteiger partial charge in [0, 0.05) is 25.8 Å². The molecular formula is C18H22FN3O3S. The van der Waals surface area contributed by atoms with Gasteiger partial charge in [0.25, 0.3) is 5.91 Å². The van der Waals surface area contributed by atoms with Gasteiger partial charge in [0.15, 0.2) is 0 Å². The number of amides is 1. The Morgan fingerprint density at radius 1 is 1.15 bits per heavy atom. The molecule has 2 aromatic carbocycles. The summed E-state index contributed by atoms with van der Waals surface area (Å²) in [6.45, 7) is 1.05. The van der Waals surface area contributed by atoms with Crippen LogP contribution in [0.25, 0.3) is 0 Å². The van der Waals surface area contributed by atoms with E-state index in [9.17, 15) is 17.6 Å². The molecule has 0 atom stereocenters. The van der Waals surface area contributed by atoms with E-state index in [1.165, 1.54) is 7.05 Å². The number of sulfonamides is 1. The first-order valence-corrected chi connectivity index (χ1v) is 9.61. The van der Waals surface area contributed by atoms with Gasteiger partial charge < -0.3 is 10.2 Å². The lowest BCUT2D eigenvalue weighted by Crippen LogP contribution is -2.29. The molecule has 0 heterocycles. The molecule has 0 radical (unpaired) electrons. The van der Waals surface area contributed by atoms with E-state index in [1.54, 1.807) is 0 Å². The summed E-state index contributed by atoms with van der Waals surface area (Å²) in [7, 11) is -0.542. The number of hydrogen-bond acceptors (Lipinski definition) is 4. The summed E-state index contributed by atoms with van der Waals surface area (Å²) in [5.74, 6) is -1.41. The molecule has 0 aliphatic heterocycles. The predicted molar refractivity (Wildman–Crippen MR) is 99.3 cm³/mol. The van der Waals surface area contributed by atoms with E-state index in [4.69, 9.17) is 0 Å². The van der Waals surface area contributed by atoms with Crippen LogP contribution in [0.1, 0.15) is 16.8 Å². The molecule has 6 nitrogen and oxygen atoms in total. The van der Waals surface area contributed by atoms with Crippen molar-refractivity contribution in [2.45, 2.75) is 11.3 Å². The molecule has 2 rings (SSSR count). The lowest BCUT2D eigenvalue weighted by atomic mass is 10.2. The number of para-hydroxylation sites is 1. The Kier molecular flexibility index (Phi) is 6.70. The minimum absolute atomic E-state index is 0.157. The Morgan fingerprint density at radius 2 is 1.85 bits per heavy atom. The average Bonchev–Trinajstić information content (AvgIpc) is 2.65. The quantitative estimate of drug-likeness (QED) is 0.688. The highest BCUT2D eigenvalue weighted by molar-refractivity contribution is 7.89. The highest BCUT2D eigenvalue weighted by atomic mass is 32.2. The molecule has 26 heavy (non-hydrogen) atoms. The van der Waals surface area contributed by atoms with E-state index < -0.39 is 21.7 Å². The number of nitrogens with one attached hydrogen (secondary N) is 2. The molecule has 140 valence electrons. The summed E-state index contributed by atoms with van der Waals surface area (Å²) in [4.78, 5) is 14.1. The van der Waals surface area contributed by atoms with Crippen molar-refractivity contribution in [3.63, 3.8) is 0 Å². The Balaban J connectivity index is 1.93. The van der Waals surface area contributed by atoms with Gasteiger partial charge in [0.2, 0.25) is 10.0 Å². The van der Waals surface area contributed by atoms with Crippen LogP contribution in [0.2, 0.25) is 0 Å². The number of hydrogen-bond donors (Lipinski definition) is 2. The number of nitrogens with zero attached hydrogens (tertiary/aromatic N) is 1. The molecule has 2 N–H and O–H groups in total. The number of anilines is 1. The van der Waals surface area contributed by atoms with Gasteiger partial charge in [-0.2, -0.15) is 0 Å².